The second kappa shape index (κ2) is 6.68. The molecule has 1 unspecified atom stereocenters. The van der Waals surface area contributed by atoms with E-state index in [4.69, 9.17) is 0 Å². The van der Waals surface area contributed by atoms with Crippen molar-refractivity contribution in [1.29, 1.82) is 0 Å². The second-order valence-corrected chi connectivity index (χ2v) is 5.64. The number of nitro groups is 1. The Balaban J connectivity index is 2.80. The van der Waals surface area contributed by atoms with E-state index in [1.807, 2.05) is 6.92 Å². The van der Waals surface area contributed by atoms with Gasteiger partial charge in [-0.2, -0.15) is 0 Å². The van der Waals surface area contributed by atoms with Gasteiger partial charge in [-0.05, 0) is 41.6 Å². The van der Waals surface area contributed by atoms with Crippen LogP contribution in [0.5, 0.6) is 0 Å². The number of rotatable bonds is 6. The van der Waals surface area contributed by atoms with Crippen LogP contribution in [0.25, 0.3) is 0 Å². The quantitative estimate of drug-likeness (QED) is 0.636. The van der Waals surface area contributed by atoms with E-state index >= 15 is 0 Å². The van der Waals surface area contributed by atoms with E-state index in [-0.39, 0.29) is 11.7 Å². The van der Waals surface area contributed by atoms with Gasteiger partial charge in [-0.15, -0.1) is 0 Å². The fourth-order valence-electron chi connectivity index (χ4n) is 1.61. The van der Waals surface area contributed by atoms with Gasteiger partial charge in [0, 0.05) is 12.2 Å². The third-order valence-electron chi connectivity index (χ3n) is 2.64. The van der Waals surface area contributed by atoms with Crippen molar-refractivity contribution >= 4 is 27.3 Å². The lowest BCUT2D eigenvalue weighted by molar-refractivity contribution is -0.384. The topological polar surface area (TPSA) is 68.1 Å². The van der Waals surface area contributed by atoms with Crippen LogP contribution in [0.4, 0.5) is 11.4 Å². The molecule has 1 atom stereocenters. The van der Waals surface area contributed by atoms with Crippen molar-refractivity contribution in [1.82, 2.24) is 4.98 Å². The van der Waals surface area contributed by atoms with Crippen LogP contribution in [0.2, 0.25) is 0 Å². The second-order valence-electron chi connectivity index (χ2n) is 4.79. The van der Waals surface area contributed by atoms with E-state index in [1.54, 1.807) is 6.20 Å². The Morgan fingerprint density at radius 1 is 1.39 bits per heavy atom. The van der Waals surface area contributed by atoms with Gasteiger partial charge in [0.2, 0.25) is 0 Å². The lowest BCUT2D eigenvalue weighted by Gasteiger charge is -2.17. The Morgan fingerprint density at radius 2 is 2.06 bits per heavy atom. The SMILES string of the molecule is CC(C)CCC(C)Nc1c(Br)cncc1[N+](=O)[O-]. The molecule has 1 rings (SSSR count). The number of aromatic nitrogens is 1. The molecule has 1 aromatic heterocycles. The maximum absolute atomic E-state index is 10.9. The fraction of sp³-hybridized carbons (Fsp3) is 0.583. The predicted molar refractivity (Wildman–Crippen MR) is 75.7 cm³/mol. The summed E-state index contributed by atoms with van der Waals surface area (Å²) in [5.41, 5.74) is 0.507. The molecule has 1 N–H and O–H groups in total. The van der Waals surface area contributed by atoms with Gasteiger partial charge in [0.05, 0.1) is 9.40 Å². The zero-order valence-corrected chi connectivity index (χ0v) is 12.4. The molecule has 5 nitrogen and oxygen atoms in total. The molecule has 6 heteroatoms. The van der Waals surface area contributed by atoms with Crippen molar-refractivity contribution in [2.75, 3.05) is 5.32 Å². The first kappa shape index (κ1) is 14.9. The third-order valence-corrected chi connectivity index (χ3v) is 3.25. The van der Waals surface area contributed by atoms with E-state index in [2.05, 4.69) is 40.1 Å². The summed E-state index contributed by atoms with van der Waals surface area (Å²) < 4.78 is 0.619. The highest BCUT2D eigenvalue weighted by Crippen LogP contribution is 2.32. The summed E-state index contributed by atoms with van der Waals surface area (Å²) in [7, 11) is 0. The maximum atomic E-state index is 10.9. The van der Waals surface area contributed by atoms with Gasteiger partial charge >= 0.3 is 5.69 Å². The Hall–Kier alpha value is -1.17. The third kappa shape index (κ3) is 4.25. The molecule has 0 aliphatic carbocycles. The molecule has 1 heterocycles. The molecule has 1 aromatic rings. The number of nitrogens with zero attached hydrogens (tertiary/aromatic N) is 2. The van der Waals surface area contributed by atoms with Crippen LogP contribution in [0, 0.1) is 16.0 Å². The number of anilines is 1. The first-order valence-corrected chi connectivity index (χ1v) is 6.75. The predicted octanol–water partition coefficient (Wildman–Crippen LogP) is 3.99. The smallest absolute Gasteiger partial charge is 0.311 e. The van der Waals surface area contributed by atoms with E-state index < -0.39 is 4.92 Å². The Bertz CT molecular complexity index is 424. The molecule has 0 bridgehead atoms. The van der Waals surface area contributed by atoms with Crippen molar-refractivity contribution in [3.8, 4) is 0 Å². The molecule has 0 saturated carbocycles. The fourth-order valence-corrected chi connectivity index (χ4v) is 2.04. The highest BCUT2D eigenvalue weighted by molar-refractivity contribution is 9.10. The first-order chi connectivity index (χ1) is 8.41. The van der Waals surface area contributed by atoms with Gasteiger partial charge in [-0.1, -0.05) is 13.8 Å². The Kier molecular flexibility index (Phi) is 5.53. The summed E-state index contributed by atoms with van der Waals surface area (Å²) in [5, 5.41) is 14.1. The Labute approximate surface area is 115 Å². The van der Waals surface area contributed by atoms with Gasteiger partial charge in [0.1, 0.15) is 11.9 Å². The molecule has 0 radical (unpaired) electrons. The summed E-state index contributed by atoms with van der Waals surface area (Å²) >= 11 is 3.29. The molecule has 0 fully saturated rings. The van der Waals surface area contributed by atoms with Gasteiger partial charge in [-0.25, -0.2) is 0 Å². The number of pyridine rings is 1. The number of hydrogen-bond donors (Lipinski definition) is 1. The van der Waals surface area contributed by atoms with Gasteiger partial charge in [0.25, 0.3) is 0 Å². The van der Waals surface area contributed by atoms with E-state index in [9.17, 15) is 10.1 Å². The number of nitrogens with one attached hydrogen (secondary N) is 1. The summed E-state index contributed by atoms with van der Waals surface area (Å²) in [4.78, 5) is 14.3. The van der Waals surface area contributed by atoms with Crippen LogP contribution in [0.1, 0.15) is 33.6 Å². The van der Waals surface area contributed by atoms with E-state index in [1.165, 1.54) is 6.20 Å². The largest absolute Gasteiger partial charge is 0.376 e. The van der Waals surface area contributed by atoms with Crippen molar-refractivity contribution in [3.63, 3.8) is 0 Å². The van der Waals surface area contributed by atoms with Crippen LogP contribution in [-0.4, -0.2) is 15.9 Å². The first-order valence-electron chi connectivity index (χ1n) is 5.96. The minimum atomic E-state index is -0.421. The normalized spacial score (nSPS) is 12.5. The monoisotopic (exact) mass is 315 g/mol. The molecule has 100 valence electrons. The summed E-state index contributed by atoms with van der Waals surface area (Å²) in [6.07, 6.45) is 4.89. The molecule has 0 spiro atoms. The highest BCUT2D eigenvalue weighted by Gasteiger charge is 2.18. The average Bonchev–Trinajstić information content (AvgIpc) is 2.28. The van der Waals surface area contributed by atoms with Crippen molar-refractivity contribution in [2.24, 2.45) is 5.92 Å². The molecule has 0 amide bonds. The van der Waals surface area contributed by atoms with Gasteiger partial charge in [0.15, 0.2) is 0 Å². The van der Waals surface area contributed by atoms with E-state index in [0.29, 0.717) is 16.1 Å². The van der Waals surface area contributed by atoms with Crippen LogP contribution >= 0.6 is 15.9 Å². The zero-order valence-electron chi connectivity index (χ0n) is 10.8. The summed E-state index contributed by atoms with van der Waals surface area (Å²) in [6, 6.07) is 0.185. The number of hydrogen-bond acceptors (Lipinski definition) is 4. The maximum Gasteiger partial charge on any atom is 0.311 e. The average molecular weight is 316 g/mol. The van der Waals surface area contributed by atoms with Crippen LogP contribution in [0.3, 0.4) is 0 Å². The zero-order chi connectivity index (χ0) is 13.7. The van der Waals surface area contributed by atoms with Crippen LogP contribution < -0.4 is 5.32 Å². The van der Waals surface area contributed by atoms with Gasteiger partial charge < -0.3 is 5.32 Å². The minimum Gasteiger partial charge on any atom is -0.376 e. The lowest BCUT2D eigenvalue weighted by atomic mass is 10.0. The Morgan fingerprint density at radius 3 is 2.61 bits per heavy atom. The molecular weight excluding hydrogens is 298 g/mol. The molecular formula is C12H18BrN3O2. The standard InChI is InChI=1S/C12H18BrN3O2/c1-8(2)4-5-9(3)15-12-10(13)6-14-7-11(12)16(17)18/h6-9H,4-5H2,1-3H3,(H,14,15). The van der Waals surface area contributed by atoms with Crippen molar-refractivity contribution < 1.29 is 4.92 Å². The minimum absolute atomic E-state index is 0.000715. The van der Waals surface area contributed by atoms with Gasteiger partial charge in [-0.3, -0.25) is 15.1 Å². The van der Waals surface area contributed by atoms with Crippen molar-refractivity contribution in [3.05, 3.63) is 27.0 Å². The number of halogens is 1. The van der Waals surface area contributed by atoms with Crippen LogP contribution in [0.15, 0.2) is 16.9 Å². The molecule has 0 saturated heterocycles. The van der Waals surface area contributed by atoms with E-state index in [0.717, 1.165) is 12.8 Å². The molecule has 0 aliphatic heterocycles. The van der Waals surface area contributed by atoms with Crippen molar-refractivity contribution in [2.45, 2.75) is 39.7 Å². The summed E-state index contributed by atoms with van der Waals surface area (Å²) in [6.45, 7) is 6.36. The highest BCUT2D eigenvalue weighted by atomic mass is 79.9. The molecule has 0 aromatic carbocycles. The lowest BCUT2D eigenvalue weighted by Crippen LogP contribution is -2.17. The molecule has 18 heavy (non-hydrogen) atoms. The summed E-state index contributed by atoms with van der Waals surface area (Å²) in [5.74, 6) is 0.630. The van der Waals surface area contributed by atoms with Crippen LogP contribution in [-0.2, 0) is 0 Å². The molecule has 0 aliphatic rings.